The Balaban J connectivity index is 2.81. The number of nitrogens with zero attached hydrogens (tertiary/aromatic N) is 1. The maximum absolute atomic E-state index is 11.6. The lowest BCUT2D eigenvalue weighted by atomic mass is 10.1. The number of hydrogen-bond acceptors (Lipinski definition) is 4. The minimum absolute atomic E-state index is 0.137. The van der Waals surface area contributed by atoms with Gasteiger partial charge in [-0.1, -0.05) is 18.2 Å². The third-order valence-corrected chi connectivity index (χ3v) is 2.54. The van der Waals surface area contributed by atoms with E-state index in [1.54, 1.807) is 42.3 Å². The number of para-hydroxylation sites is 1. The Morgan fingerprint density at radius 1 is 1.42 bits per heavy atom. The SMILES string of the molecule is C=CCNC(=O)CN(C)c1ccccc1C(=O)OC. The molecule has 0 heterocycles. The van der Waals surface area contributed by atoms with Crippen LogP contribution >= 0.6 is 0 Å². The van der Waals surface area contributed by atoms with E-state index >= 15 is 0 Å². The smallest absolute Gasteiger partial charge is 0.339 e. The van der Waals surface area contributed by atoms with E-state index < -0.39 is 5.97 Å². The number of esters is 1. The van der Waals surface area contributed by atoms with Crippen LogP contribution in [-0.2, 0) is 9.53 Å². The summed E-state index contributed by atoms with van der Waals surface area (Å²) >= 11 is 0. The van der Waals surface area contributed by atoms with Crippen molar-refractivity contribution in [1.82, 2.24) is 5.32 Å². The van der Waals surface area contributed by atoms with Gasteiger partial charge in [0.25, 0.3) is 0 Å². The van der Waals surface area contributed by atoms with Crippen molar-refractivity contribution in [3.05, 3.63) is 42.5 Å². The lowest BCUT2D eigenvalue weighted by Gasteiger charge is -2.20. The first kappa shape index (κ1) is 14.8. The van der Waals surface area contributed by atoms with E-state index in [1.807, 2.05) is 0 Å². The molecule has 1 aromatic carbocycles. The normalized spacial score (nSPS) is 9.58. The molecule has 0 unspecified atom stereocenters. The lowest BCUT2D eigenvalue weighted by molar-refractivity contribution is -0.119. The van der Waals surface area contributed by atoms with Gasteiger partial charge in [-0.3, -0.25) is 4.79 Å². The molecule has 1 aromatic rings. The van der Waals surface area contributed by atoms with Crippen molar-refractivity contribution in [2.24, 2.45) is 0 Å². The number of anilines is 1. The second kappa shape index (κ2) is 7.20. The van der Waals surface area contributed by atoms with Gasteiger partial charge in [0.2, 0.25) is 5.91 Å². The summed E-state index contributed by atoms with van der Waals surface area (Å²) in [5.41, 5.74) is 1.09. The van der Waals surface area contributed by atoms with Gasteiger partial charge in [0, 0.05) is 13.6 Å². The topological polar surface area (TPSA) is 58.6 Å². The van der Waals surface area contributed by atoms with Crippen LogP contribution in [0.4, 0.5) is 5.69 Å². The van der Waals surface area contributed by atoms with Gasteiger partial charge in [0.05, 0.1) is 24.9 Å². The number of carbonyl (C=O) groups excluding carboxylic acids is 2. The maximum Gasteiger partial charge on any atom is 0.339 e. The second-order valence-corrected chi connectivity index (χ2v) is 3.96. The van der Waals surface area contributed by atoms with Crippen LogP contribution in [-0.4, -0.2) is 39.1 Å². The van der Waals surface area contributed by atoms with E-state index in [1.165, 1.54) is 7.11 Å². The number of methoxy groups -OCH3 is 1. The zero-order valence-corrected chi connectivity index (χ0v) is 11.2. The monoisotopic (exact) mass is 262 g/mol. The number of rotatable bonds is 6. The van der Waals surface area contributed by atoms with Crippen molar-refractivity contribution in [2.75, 3.05) is 32.1 Å². The van der Waals surface area contributed by atoms with E-state index in [0.717, 1.165) is 0 Å². The molecule has 0 bridgehead atoms. The zero-order valence-electron chi connectivity index (χ0n) is 11.2. The van der Waals surface area contributed by atoms with Gasteiger partial charge in [-0.2, -0.15) is 0 Å². The standard InChI is InChI=1S/C14H18N2O3/c1-4-9-15-13(17)10-16(2)12-8-6-5-7-11(12)14(18)19-3/h4-8H,1,9-10H2,2-3H3,(H,15,17). The minimum atomic E-state index is -0.422. The Morgan fingerprint density at radius 3 is 2.74 bits per heavy atom. The fraction of sp³-hybridized carbons (Fsp3) is 0.286. The number of likely N-dealkylation sites (N-methyl/N-ethyl adjacent to an activating group) is 1. The van der Waals surface area contributed by atoms with Crippen LogP contribution in [0.1, 0.15) is 10.4 Å². The quantitative estimate of drug-likeness (QED) is 0.618. The number of amides is 1. The van der Waals surface area contributed by atoms with E-state index in [2.05, 4.69) is 11.9 Å². The molecule has 0 saturated carbocycles. The number of nitrogens with one attached hydrogen (secondary N) is 1. The molecular formula is C14H18N2O3. The fourth-order valence-electron chi connectivity index (χ4n) is 1.63. The van der Waals surface area contributed by atoms with Crippen molar-refractivity contribution in [1.29, 1.82) is 0 Å². The summed E-state index contributed by atoms with van der Waals surface area (Å²) in [5.74, 6) is -0.559. The summed E-state index contributed by atoms with van der Waals surface area (Å²) in [7, 11) is 3.07. The largest absolute Gasteiger partial charge is 0.465 e. The summed E-state index contributed by atoms with van der Waals surface area (Å²) in [5, 5.41) is 2.68. The van der Waals surface area contributed by atoms with Gasteiger partial charge in [0.1, 0.15) is 0 Å². The van der Waals surface area contributed by atoms with Crippen molar-refractivity contribution in [3.8, 4) is 0 Å². The number of carbonyl (C=O) groups is 2. The van der Waals surface area contributed by atoms with E-state index in [9.17, 15) is 9.59 Å². The predicted octanol–water partition coefficient (Wildman–Crippen LogP) is 1.21. The molecule has 1 amide bonds. The number of hydrogen-bond donors (Lipinski definition) is 1. The zero-order chi connectivity index (χ0) is 14.3. The Labute approximate surface area is 112 Å². The van der Waals surface area contributed by atoms with Crippen LogP contribution in [0.2, 0.25) is 0 Å². The predicted molar refractivity (Wildman–Crippen MR) is 74.3 cm³/mol. The molecule has 19 heavy (non-hydrogen) atoms. The molecule has 0 aliphatic carbocycles. The van der Waals surface area contributed by atoms with Crippen LogP contribution in [0.3, 0.4) is 0 Å². The molecule has 5 nitrogen and oxygen atoms in total. The van der Waals surface area contributed by atoms with Crippen LogP contribution in [0.5, 0.6) is 0 Å². The van der Waals surface area contributed by atoms with Crippen LogP contribution < -0.4 is 10.2 Å². The van der Waals surface area contributed by atoms with Crippen molar-refractivity contribution < 1.29 is 14.3 Å². The molecule has 0 fully saturated rings. The number of ether oxygens (including phenoxy) is 1. The maximum atomic E-state index is 11.6. The van der Waals surface area contributed by atoms with Crippen molar-refractivity contribution in [3.63, 3.8) is 0 Å². The Bertz CT molecular complexity index is 472. The molecule has 0 spiro atoms. The van der Waals surface area contributed by atoms with Crippen molar-refractivity contribution >= 4 is 17.6 Å². The summed E-state index contributed by atoms with van der Waals surface area (Å²) in [6.45, 7) is 4.11. The lowest BCUT2D eigenvalue weighted by Crippen LogP contribution is -2.35. The average molecular weight is 262 g/mol. The van der Waals surface area contributed by atoms with Gasteiger partial charge in [-0.05, 0) is 12.1 Å². The molecule has 0 aromatic heterocycles. The Hall–Kier alpha value is -2.30. The highest BCUT2D eigenvalue weighted by molar-refractivity contribution is 5.96. The van der Waals surface area contributed by atoms with Crippen molar-refractivity contribution in [2.45, 2.75) is 0 Å². The molecule has 0 radical (unpaired) electrons. The summed E-state index contributed by atoms with van der Waals surface area (Å²) in [6.07, 6.45) is 1.61. The first-order valence-electron chi connectivity index (χ1n) is 5.86. The molecule has 0 atom stereocenters. The Morgan fingerprint density at radius 2 is 2.11 bits per heavy atom. The molecule has 1 N–H and O–H groups in total. The van der Waals surface area contributed by atoms with Crippen LogP contribution in [0.15, 0.2) is 36.9 Å². The fourth-order valence-corrected chi connectivity index (χ4v) is 1.63. The molecule has 0 saturated heterocycles. The van der Waals surface area contributed by atoms with Gasteiger partial charge in [0.15, 0.2) is 0 Å². The van der Waals surface area contributed by atoms with Crippen LogP contribution in [0.25, 0.3) is 0 Å². The highest BCUT2D eigenvalue weighted by atomic mass is 16.5. The molecular weight excluding hydrogens is 244 g/mol. The molecule has 1 rings (SSSR count). The second-order valence-electron chi connectivity index (χ2n) is 3.96. The van der Waals surface area contributed by atoms with E-state index in [-0.39, 0.29) is 12.5 Å². The minimum Gasteiger partial charge on any atom is -0.465 e. The molecule has 0 aliphatic heterocycles. The van der Waals surface area contributed by atoms with Gasteiger partial charge < -0.3 is 15.0 Å². The summed E-state index contributed by atoms with van der Waals surface area (Å²) in [6, 6.07) is 6.99. The van der Waals surface area contributed by atoms with E-state index in [0.29, 0.717) is 17.8 Å². The van der Waals surface area contributed by atoms with E-state index in [4.69, 9.17) is 4.74 Å². The van der Waals surface area contributed by atoms with Gasteiger partial charge >= 0.3 is 5.97 Å². The number of benzene rings is 1. The van der Waals surface area contributed by atoms with Gasteiger partial charge in [-0.15, -0.1) is 6.58 Å². The first-order valence-corrected chi connectivity index (χ1v) is 5.86. The molecule has 5 heteroatoms. The third kappa shape index (κ3) is 4.13. The summed E-state index contributed by atoms with van der Waals surface area (Å²) < 4.78 is 4.72. The third-order valence-electron chi connectivity index (χ3n) is 2.54. The average Bonchev–Trinajstić information content (AvgIpc) is 2.44. The summed E-state index contributed by atoms with van der Waals surface area (Å²) in [4.78, 5) is 25.0. The Kier molecular flexibility index (Phi) is 5.60. The molecule has 102 valence electrons. The first-order chi connectivity index (χ1) is 9.10. The highest BCUT2D eigenvalue weighted by Crippen LogP contribution is 2.19. The molecule has 0 aliphatic rings. The van der Waals surface area contributed by atoms with Crippen LogP contribution in [0, 0.1) is 0 Å². The van der Waals surface area contributed by atoms with Gasteiger partial charge in [-0.25, -0.2) is 4.79 Å². The highest BCUT2D eigenvalue weighted by Gasteiger charge is 2.15.